The zero-order valence-corrected chi connectivity index (χ0v) is 15.5. The normalized spacial score (nSPS) is 11.8. The molecule has 1 N–H and O–H groups in total. The molecule has 1 heterocycles. The summed E-state index contributed by atoms with van der Waals surface area (Å²) in [6.07, 6.45) is 0. The maximum absolute atomic E-state index is 12.9. The van der Waals surface area contributed by atoms with Gasteiger partial charge in [0.2, 0.25) is 0 Å². The third kappa shape index (κ3) is 3.58. The molecule has 0 fully saturated rings. The molecular formula is C20H19ClN2O3. The Kier molecular flexibility index (Phi) is 5.28. The summed E-state index contributed by atoms with van der Waals surface area (Å²) in [7, 11) is 1.61. The molecule has 0 spiro atoms. The van der Waals surface area contributed by atoms with Crippen LogP contribution in [-0.4, -0.2) is 18.2 Å². The molecule has 2 aromatic carbocycles. The van der Waals surface area contributed by atoms with Gasteiger partial charge in [0, 0.05) is 5.56 Å². The van der Waals surface area contributed by atoms with Gasteiger partial charge in [-0.05, 0) is 37.6 Å². The fourth-order valence-electron chi connectivity index (χ4n) is 2.74. The number of halogens is 1. The van der Waals surface area contributed by atoms with E-state index >= 15 is 0 Å². The molecule has 0 aliphatic carbocycles. The van der Waals surface area contributed by atoms with Crippen LogP contribution in [0.15, 0.2) is 53.1 Å². The highest BCUT2D eigenvalue weighted by molar-refractivity contribution is 6.33. The number of hydrogen-bond acceptors (Lipinski definition) is 4. The monoisotopic (exact) mass is 370 g/mol. The summed E-state index contributed by atoms with van der Waals surface area (Å²) in [5.74, 6) is 0.908. The molecule has 6 heteroatoms. The second-order valence-electron chi connectivity index (χ2n) is 5.91. The molecule has 1 atom stereocenters. The van der Waals surface area contributed by atoms with Gasteiger partial charge in [-0.3, -0.25) is 4.79 Å². The van der Waals surface area contributed by atoms with Crippen molar-refractivity contribution in [2.45, 2.75) is 19.9 Å². The smallest absolute Gasteiger partial charge is 0.257 e. The maximum atomic E-state index is 12.9. The molecular weight excluding hydrogens is 352 g/mol. The van der Waals surface area contributed by atoms with Crippen LogP contribution in [-0.2, 0) is 0 Å². The van der Waals surface area contributed by atoms with Crippen LogP contribution in [0.3, 0.4) is 0 Å². The number of hydrogen-bond donors (Lipinski definition) is 1. The Hall–Kier alpha value is -2.79. The minimum atomic E-state index is -0.269. The lowest BCUT2D eigenvalue weighted by molar-refractivity contribution is 0.0939. The van der Waals surface area contributed by atoms with Crippen LogP contribution in [0.25, 0.3) is 11.3 Å². The van der Waals surface area contributed by atoms with Crippen molar-refractivity contribution in [2.24, 2.45) is 0 Å². The Labute approximate surface area is 156 Å². The van der Waals surface area contributed by atoms with E-state index in [1.54, 1.807) is 20.1 Å². The molecule has 0 saturated carbocycles. The first kappa shape index (κ1) is 18.0. The molecule has 1 amide bonds. The standard InChI is InChI=1S/C20H19ClN2O3/c1-12(14-7-6-8-15(11-14)25-3)22-20(24)18-13(2)26-23-19(18)16-9-4-5-10-17(16)21/h4-12H,1-3H3,(H,22,24). The number of aryl methyl sites for hydroxylation is 1. The fraction of sp³-hybridized carbons (Fsp3) is 0.200. The average Bonchev–Trinajstić information content (AvgIpc) is 3.03. The number of rotatable bonds is 5. The van der Waals surface area contributed by atoms with Crippen molar-refractivity contribution >= 4 is 17.5 Å². The van der Waals surface area contributed by atoms with Gasteiger partial charge in [0.05, 0.1) is 18.2 Å². The largest absolute Gasteiger partial charge is 0.497 e. The molecule has 0 saturated heterocycles. The summed E-state index contributed by atoms with van der Waals surface area (Å²) in [6, 6.07) is 14.6. The van der Waals surface area contributed by atoms with Crippen molar-refractivity contribution in [2.75, 3.05) is 7.11 Å². The van der Waals surface area contributed by atoms with E-state index in [4.69, 9.17) is 20.9 Å². The van der Waals surface area contributed by atoms with E-state index in [2.05, 4.69) is 10.5 Å². The van der Waals surface area contributed by atoms with E-state index in [0.29, 0.717) is 27.6 Å². The van der Waals surface area contributed by atoms with Gasteiger partial charge in [0.25, 0.3) is 5.91 Å². The second kappa shape index (κ2) is 7.62. The number of amides is 1. The van der Waals surface area contributed by atoms with E-state index < -0.39 is 0 Å². The molecule has 0 aliphatic rings. The predicted molar refractivity (Wildman–Crippen MR) is 101 cm³/mol. The molecule has 0 bridgehead atoms. The third-order valence-corrected chi connectivity index (χ3v) is 4.49. The van der Waals surface area contributed by atoms with Gasteiger partial charge in [0.15, 0.2) is 0 Å². The minimum Gasteiger partial charge on any atom is -0.497 e. The van der Waals surface area contributed by atoms with Crippen molar-refractivity contribution in [1.82, 2.24) is 10.5 Å². The zero-order valence-electron chi connectivity index (χ0n) is 14.7. The minimum absolute atomic E-state index is 0.217. The van der Waals surface area contributed by atoms with Crippen molar-refractivity contribution < 1.29 is 14.1 Å². The lowest BCUT2D eigenvalue weighted by atomic mass is 10.0. The molecule has 1 unspecified atom stereocenters. The quantitative estimate of drug-likeness (QED) is 0.700. The number of nitrogens with one attached hydrogen (secondary N) is 1. The van der Waals surface area contributed by atoms with Crippen molar-refractivity contribution in [3.63, 3.8) is 0 Å². The molecule has 0 radical (unpaired) electrons. The van der Waals surface area contributed by atoms with Crippen LogP contribution in [0.5, 0.6) is 5.75 Å². The Balaban J connectivity index is 1.89. The van der Waals surface area contributed by atoms with Crippen LogP contribution in [0.1, 0.15) is 34.6 Å². The second-order valence-corrected chi connectivity index (χ2v) is 6.32. The molecule has 0 aliphatic heterocycles. The zero-order chi connectivity index (χ0) is 18.7. The topological polar surface area (TPSA) is 64.4 Å². The average molecular weight is 371 g/mol. The molecule has 134 valence electrons. The van der Waals surface area contributed by atoms with Gasteiger partial charge < -0.3 is 14.6 Å². The van der Waals surface area contributed by atoms with Crippen molar-refractivity contribution in [3.8, 4) is 17.0 Å². The molecule has 5 nitrogen and oxygen atoms in total. The lowest BCUT2D eigenvalue weighted by Crippen LogP contribution is -2.27. The van der Waals surface area contributed by atoms with Crippen LogP contribution in [0, 0.1) is 6.92 Å². The van der Waals surface area contributed by atoms with E-state index in [1.807, 2.05) is 49.4 Å². The molecule has 26 heavy (non-hydrogen) atoms. The van der Waals surface area contributed by atoms with Gasteiger partial charge in [-0.15, -0.1) is 0 Å². The van der Waals surface area contributed by atoms with Crippen molar-refractivity contribution in [1.29, 1.82) is 0 Å². The van der Waals surface area contributed by atoms with E-state index in [0.717, 1.165) is 11.3 Å². The van der Waals surface area contributed by atoms with Crippen LogP contribution in [0.2, 0.25) is 5.02 Å². The summed E-state index contributed by atoms with van der Waals surface area (Å²) in [6.45, 7) is 3.61. The van der Waals surface area contributed by atoms with Gasteiger partial charge in [-0.2, -0.15) is 0 Å². The third-order valence-electron chi connectivity index (χ3n) is 4.16. The number of aromatic nitrogens is 1. The van der Waals surface area contributed by atoms with Crippen LogP contribution in [0.4, 0.5) is 0 Å². The lowest BCUT2D eigenvalue weighted by Gasteiger charge is -2.15. The Bertz CT molecular complexity index is 936. The van der Waals surface area contributed by atoms with Gasteiger partial charge >= 0.3 is 0 Å². The molecule has 3 aromatic rings. The van der Waals surface area contributed by atoms with Gasteiger partial charge in [-0.25, -0.2) is 0 Å². The summed E-state index contributed by atoms with van der Waals surface area (Å²) >= 11 is 6.25. The summed E-state index contributed by atoms with van der Waals surface area (Å²) < 4.78 is 10.5. The number of nitrogens with zero attached hydrogens (tertiary/aromatic N) is 1. The number of carbonyl (C=O) groups is 1. The Morgan fingerprint density at radius 2 is 2.00 bits per heavy atom. The highest BCUT2D eigenvalue weighted by atomic mass is 35.5. The Morgan fingerprint density at radius 1 is 1.23 bits per heavy atom. The van der Waals surface area contributed by atoms with E-state index in [-0.39, 0.29) is 11.9 Å². The first-order valence-electron chi connectivity index (χ1n) is 8.17. The number of benzene rings is 2. The SMILES string of the molecule is COc1cccc(C(C)NC(=O)c2c(-c3ccccc3Cl)noc2C)c1. The first-order chi connectivity index (χ1) is 12.5. The molecule has 3 rings (SSSR count). The summed E-state index contributed by atoms with van der Waals surface area (Å²) in [5, 5.41) is 7.53. The highest BCUT2D eigenvalue weighted by Gasteiger charge is 2.24. The fourth-order valence-corrected chi connectivity index (χ4v) is 2.96. The number of ether oxygens (including phenoxy) is 1. The Morgan fingerprint density at radius 3 is 2.73 bits per heavy atom. The number of carbonyl (C=O) groups excluding carboxylic acids is 1. The maximum Gasteiger partial charge on any atom is 0.257 e. The number of methoxy groups -OCH3 is 1. The van der Waals surface area contributed by atoms with Crippen LogP contribution >= 0.6 is 11.6 Å². The van der Waals surface area contributed by atoms with E-state index in [1.165, 1.54) is 0 Å². The van der Waals surface area contributed by atoms with Crippen LogP contribution < -0.4 is 10.1 Å². The summed E-state index contributed by atoms with van der Waals surface area (Å²) in [5.41, 5.74) is 2.41. The molecule has 1 aromatic heterocycles. The van der Waals surface area contributed by atoms with Gasteiger partial charge in [0.1, 0.15) is 22.8 Å². The summed E-state index contributed by atoms with van der Waals surface area (Å²) in [4.78, 5) is 12.9. The van der Waals surface area contributed by atoms with Crippen molar-refractivity contribution in [3.05, 3.63) is 70.4 Å². The van der Waals surface area contributed by atoms with E-state index in [9.17, 15) is 4.79 Å². The highest BCUT2D eigenvalue weighted by Crippen LogP contribution is 2.31. The first-order valence-corrected chi connectivity index (χ1v) is 8.55. The predicted octanol–water partition coefficient (Wildman–Crippen LogP) is 4.80. The van der Waals surface area contributed by atoms with Gasteiger partial charge in [-0.1, -0.05) is 47.1 Å².